The van der Waals surface area contributed by atoms with Crippen LogP contribution in [0.5, 0.6) is 11.5 Å². The van der Waals surface area contributed by atoms with Gasteiger partial charge in [0.25, 0.3) is 5.91 Å². The van der Waals surface area contributed by atoms with Crippen LogP contribution in [0, 0.1) is 6.92 Å². The van der Waals surface area contributed by atoms with Gasteiger partial charge in [-0.2, -0.15) is 0 Å². The molecule has 1 unspecified atom stereocenters. The van der Waals surface area contributed by atoms with Crippen molar-refractivity contribution in [1.82, 2.24) is 15.6 Å². The fourth-order valence-corrected chi connectivity index (χ4v) is 3.87. The highest BCUT2D eigenvalue weighted by Crippen LogP contribution is 2.31. The number of benzene rings is 2. The zero-order valence-corrected chi connectivity index (χ0v) is 19.8. The van der Waals surface area contributed by atoms with Crippen LogP contribution < -0.4 is 20.1 Å². The Balaban J connectivity index is 1.39. The van der Waals surface area contributed by atoms with Crippen LogP contribution in [0.25, 0.3) is 10.9 Å². The van der Waals surface area contributed by atoms with Crippen molar-refractivity contribution in [2.45, 2.75) is 45.6 Å². The van der Waals surface area contributed by atoms with Crippen molar-refractivity contribution in [3.63, 3.8) is 0 Å². The first-order valence-electron chi connectivity index (χ1n) is 11.3. The summed E-state index contributed by atoms with van der Waals surface area (Å²) in [6.45, 7) is 4.26. The monoisotopic (exact) mass is 451 g/mol. The lowest BCUT2D eigenvalue weighted by Gasteiger charge is -2.15. The summed E-state index contributed by atoms with van der Waals surface area (Å²) < 4.78 is 11.0. The molecule has 1 heterocycles. The van der Waals surface area contributed by atoms with Gasteiger partial charge < -0.3 is 25.1 Å². The fraction of sp³-hybridized carbons (Fsp3) is 0.385. The van der Waals surface area contributed by atoms with Crippen LogP contribution >= 0.6 is 0 Å². The molecule has 176 valence electrons. The average molecular weight is 452 g/mol. The Bertz CT molecular complexity index is 1050. The van der Waals surface area contributed by atoms with Crippen LogP contribution in [0.4, 0.5) is 0 Å². The molecule has 1 atom stereocenters. The van der Waals surface area contributed by atoms with Crippen LogP contribution in [0.15, 0.2) is 42.5 Å². The third-order valence-electron chi connectivity index (χ3n) is 5.67. The Hall–Kier alpha value is -3.48. The molecule has 0 saturated carbocycles. The molecule has 2 aromatic carbocycles. The minimum absolute atomic E-state index is 0.193. The molecular weight excluding hydrogens is 418 g/mol. The molecule has 0 aliphatic heterocycles. The smallest absolute Gasteiger partial charge is 0.268 e. The second-order valence-corrected chi connectivity index (χ2v) is 8.22. The number of carbonyl (C=O) groups is 2. The second kappa shape index (κ2) is 11.4. The quantitative estimate of drug-likeness (QED) is 0.382. The molecule has 0 aliphatic rings. The molecule has 0 bridgehead atoms. The first kappa shape index (κ1) is 24.2. The number of rotatable bonds is 11. The number of unbranched alkanes of at least 4 members (excludes halogenated alkanes) is 2. The van der Waals surface area contributed by atoms with Gasteiger partial charge >= 0.3 is 0 Å². The summed E-state index contributed by atoms with van der Waals surface area (Å²) in [6, 6.07) is 12.9. The molecule has 3 aromatic rings. The number of hydrogen-bond donors (Lipinski definition) is 3. The molecule has 3 rings (SSSR count). The summed E-state index contributed by atoms with van der Waals surface area (Å²) in [4.78, 5) is 27.9. The van der Waals surface area contributed by atoms with E-state index in [1.54, 1.807) is 27.2 Å². The number of aromatic nitrogens is 1. The zero-order valence-electron chi connectivity index (χ0n) is 19.8. The van der Waals surface area contributed by atoms with E-state index in [1.807, 2.05) is 43.3 Å². The molecule has 0 aliphatic carbocycles. The largest absolute Gasteiger partial charge is 0.496 e. The van der Waals surface area contributed by atoms with Crippen molar-refractivity contribution in [2.24, 2.45) is 0 Å². The van der Waals surface area contributed by atoms with E-state index in [0.717, 1.165) is 59.2 Å². The molecule has 3 N–H and O–H groups in total. The van der Waals surface area contributed by atoms with Gasteiger partial charge in [-0.05, 0) is 62.9 Å². The Morgan fingerprint density at radius 1 is 1.00 bits per heavy atom. The number of aryl methyl sites for hydroxylation is 1. The van der Waals surface area contributed by atoms with E-state index < -0.39 is 6.04 Å². The highest BCUT2D eigenvalue weighted by molar-refractivity contribution is 6.00. The van der Waals surface area contributed by atoms with Crippen molar-refractivity contribution >= 4 is 22.7 Å². The molecule has 0 radical (unpaired) electrons. The highest BCUT2D eigenvalue weighted by atomic mass is 16.5. The molecule has 7 nitrogen and oxygen atoms in total. The number of nitrogens with one attached hydrogen (secondary N) is 3. The van der Waals surface area contributed by atoms with Crippen molar-refractivity contribution in [1.29, 1.82) is 0 Å². The zero-order chi connectivity index (χ0) is 23.8. The Morgan fingerprint density at radius 3 is 2.36 bits per heavy atom. The van der Waals surface area contributed by atoms with Crippen molar-refractivity contribution in [3.05, 3.63) is 59.3 Å². The van der Waals surface area contributed by atoms with Crippen molar-refractivity contribution in [3.8, 4) is 11.5 Å². The number of hydrogen-bond acceptors (Lipinski definition) is 4. The number of fused-ring (bicyclic) bond motifs is 1. The van der Waals surface area contributed by atoms with Crippen molar-refractivity contribution in [2.75, 3.05) is 20.8 Å². The lowest BCUT2D eigenvalue weighted by molar-refractivity contribution is -0.122. The van der Waals surface area contributed by atoms with Crippen LogP contribution in [0.3, 0.4) is 0 Å². The summed E-state index contributed by atoms with van der Waals surface area (Å²) in [7, 11) is 3.34. The second-order valence-electron chi connectivity index (χ2n) is 8.22. The minimum atomic E-state index is -0.620. The third kappa shape index (κ3) is 6.28. The molecule has 1 aromatic heterocycles. The highest BCUT2D eigenvalue weighted by Gasteiger charge is 2.17. The maximum Gasteiger partial charge on any atom is 0.268 e. The summed E-state index contributed by atoms with van der Waals surface area (Å²) in [5.41, 5.74) is 3.50. The third-order valence-corrected chi connectivity index (χ3v) is 5.67. The first-order valence-corrected chi connectivity index (χ1v) is 11.3. The first-order chi connectivity index (χ1) is 15.9. The number of carbonyl (C=O) groups excluding carboxylic acids is 2. The van der Waals surface area contributed by atoms with E-state index in [-0.39, 0.29) is 11.8 Å². The van der Waals surface area contributed by atoms with Gasteiger partial charge in [-0.25, -0.2) is 0 Å². The number of amides is 2. The molecular formula is C26H33N3O4. The molecule has 0 saturated heterocycles. The normalized spacial score (nSPS) is 11.8. The number of methoxy groups -OCH3 is 2. The van der Waals surface area contributed by atoms with Gasteiger partial charge in [0.2, 0.25) is 5.91 Å². The van der Waals surface area contributed by atoms with Gasteiger partial charge in [-0.3, -0.25) is 9.59 Å². The number of aromatic amines is 1. The van der Waals surface area contributed by atoms with Gasteiger partial charge in [0, 0.05) is 23.0 Å². The minimum Gasteiger partial charge on any atom is -0.496 e. The van der Waals surface area contributed by atoms with Gasteiger partial charge in [0.15, 0.2) is 0 Å². The predicted octanol–water partition coefficient (Wildman–Crippen LogP) is 4.14. The maximum absolute atomic E-state index is 12.5. The van der Waals surface area contributed by atoms with E-state index in [0.29, 0.717) is 12.2 Å². The summed E-state index contributed by atoms with van der Waals surface area (Å²) >= 11 is 0. The van der Waals surface area contributed by atoms with Gasteiger partial charge in [-0.15, -0.1) is 0 Å². The standard InChI is InChI=1S/C26H33N3O4/c1-17-14-23(32-3)20(24(15-17)33-4)11-6-5-9-13-27-25(30)18(2)28-26(31)22-16-19-10-7-8-12-21(19)29-22/h7-8,10,12,14-16,18,29H,5-6,9,11,13H2,1-4H3,(H,27,30)(H,28,31). The summed E-state index contributed by atoms with van der Waals surface area (Å²) in [6.07, 6.45) is 3.61. The maximum atomic E-state index is 12.5. The van der Waals surface area contributed by atoms with E-state index in [1.165, 1.54) is 0 Å². The number of ether oxygens (including phenoxy) is 2. The number of H-pyrrole nitrogens is 1. The molecule has 7 heteroatoms. The average Bonchev–Trinajstić information content (AvgIpc) is 3.25. The molecule has 33 heavy (non-hydrogen) atoms. The van der Waals surface area contributed by atoms with Crippen molar-refractivity contribution < 1.29 is 19.1 Å². The Labute approximate surface area is 194 Å². The van der Waals surface area contributed by atoms with Crippen LogP contribution in [-0.2, 0) is 11.2 Å². The SMILES string of the molecule is COc1cc(C)cc(OC)c1CCCCCNC(=O)C(C)NC(=O)c1cc2ccccc2[nH]1. The van der Waals surface area contributed by atoms with Crippen LogP contribution in [0.1, 0.15) is 47.8 Å². The lowest BCUT2D eigenvalue weighted by Crippen LogP contribution is -2.45. The number of para-hydroxylation sites is 1. The predicted molar refractivity (Wildman–Crippen MR) is 130 cm³/mol. The molecule has 0 fully saturated rings. The Morgan fingerprint density at radius 2 is 1.70 bits per heavy atom. The van der Waals surface area contributed by atoms with Gasteiger partial charge in [0.05, 0.1) is 14.2 Å². The topological polar surface area (TPSA) is 92.4 Å². The summed E-state index contributed by atoms with van der Waals surface area (Å²) in [5, 5.41) is 6.61. The fourth-order valence-electron chi connectivity index (χ4n) is 3.87. The van der Waals surface area contributed by atoms with E-state index in [4.69, 9.17) is 9.47 Å². The molecule has 2 amide bonds. The van der Waals surface area contributed by atoms with E-state index in [9.17, 15) is 9.59 Å². The van der Waals surface area contributed by atoms with E-state index in [2.05, 4.69) is 15.6 Å². The van der Waals surface area contributed by atoms with Crippen LogP contribution in [0.2, 0.25) is 0 Å². The van der Waals surface area contributed by atoms with Gasteiger partial charge in [-0.1, -0.05) is 24.6 Å². The van der Waals surface area contributed by atoms with Crippen LogP contribution in [-0.4, -0.2) is 43.6 Å². The molecule has 0 spiro atoms. The lowest BCUT2D eigenvalue weighted by atomic mass is 10.0. The summed E-state index contributed by atoms with van der Waals surface area (Å²) in [5.74, 6) is 1.20. The van der Waals surface area contributed by atoms with Gasteiger partial charge in [0.1, 0.15) is 23.2 Å². The Kier molecular flexibility index (Phi) is 8.35. The van der Waals surface area contributed by atoms with E-state index >= 15 is 0 Å².